The molecule has 2 rings (SSSR count). The molecule has 0 spiro atoms. The van der Waals surface area contributed by atoms with Crippen molar-refractivity contribution in [3.8, 4) is 11.5 Å². The van der Waals surface area contributed by atoms with E-state index in [4.69, 9.17) is 9.47 Å². The Bertz CT molecular complexity index is 378. The van der Waals surface area contributed by atoms with E-state index in [-0.39, 0.29) is 0 Å². The topological polar surface area (TPSA) is 21.7 Å². The highest BCUT2D eigenvalue weighted by Gasteiger charge is 2.21. The number of ether oxygens (including phenoxy) is 2. The molecule has 0 N–H and O–H groups in total. The molecule has 1 aliphatic heterocycles. The minimum Gasteiger partial charge on any atom is -0.496 e. The molecule has 0 amide bonds. The molecule has 3 heteroatoms. The first-order valence-electron chi connectivity index (χ1n) is 6.18. The second-order valence-electron chi connectivity index (χ2n) is 4.72. The molecule has 0 aliphatic carbocycles. The van der Waals surface area contributed by atoms with Gasteiger partial charge in [-0.2, -0.15) is 0 Å². The van der Waals surface area contributed by atoms with Gasteiger partial charge in [-0.05, 0) is 57.1 Å². The van der Waals surface area contributed by atoms with E-state index in [0.29, 0.717) is 6.04 Å². The number of aryl methyl sites for hydroxylation is 1. The van der Waals surface area contributed by atoms with Crippen LogP contribution in [0.2, 0.25) is 0 Å². The maximum absolute atomic E-state index is 5.84. The van der Waals surface area contributed by atoms with Gasteiger partial charge in [0, 0.05) is 6.04 Å². The van der Waals surface area contributed by atoms with Crippen molar-refractivity contribution in [2.75, 3.05) is 27.3 Å². The molecular formula is C14H21NO2. The molecule has 0 radical (unpaired) electrons. The zero-order valence-electron chi connectivity index (χ0n) is 10.9. The molecule has 1 fully saturated rings. The van der Waals surface area contributed by atoms with Crippen LogP contribution in [0.1, 0.15) is 18.4 Å². The predicted molar refractivity (Wildman–Crippen MR) is 68.9 cm³/mol. The Hall–Kier alpha value is -1.22. The maximum Gasteiger partial charge on any atom is 0.122 e. The average molecular weight is 235 g/mol. The Kier molecular flexibility index (Phi) is 3.89. The van der Waals surface area contributed by atoms with Crippen LogP contribution in [0.3, 0.4) is 0 Å². The highest BCUT2D eigenvalue weighted by atomic mass is 16.5. The summed E-state index contributed by atoms with van der Waals surface area (Å²) in [4.78, 5) is 2.37. The van der Waals surface area contributed by atoms with E-state index in [0.717, 1.165) is 23.7 Å². The number of nitrogens with zero attached hydrogens (tertiary/aromatic N) is 1. The highest BCUT2D eigenvalue weighted by molar-refractivity contribution is 5.39. The molecule has 0 aromatic heterocycles. The second-order valence-corrected chi connectivity index (χ2v) is 4.72. The van der Waals surface area contributed by atoms with Gasteiger partial charge in [0.2, 0.25) is 0 Å². The van der Waals surface area contributed by atoms with E-state index >= 15 is 0 Å². The summed E-state index contributed by atoms with van der Waals surface area (Å²) < 4.78 is 11.1. The Morgan fingerprint density at radius 2 is 2.24 bits per heavy atom. The molecule has 1 saturated heterocycles. The third-order valence-electron chi connectivity index (χ3n) is 3.48. The Balaban J connectivity index is 1.92. The van der Waals surface area contributed by atoms with Crippen molar-refractivity contribution >= 4 is 0 Å². The van der Waals surface area contributed by atoms with Crippen LogP contribution < -0.4 is 9.47 Å². The lowest BCUT2D eigenvalue weighted by Crippen LogP contribution is -2.30. The van der Waals surface area contributed by atoms with Crippen LogP contribution in [0.25, 0.3) is 0 Å². The van der Waals surface area contributed by atoms with E-state index in [1.54, 1.807) is 7.11 Å². The summed E-state index contributed by atoms with van der Waals surface area (Å²) >= 11 is 0. The summed E-state index contributed by atoms with van der Waals surface area (Å²) in [6.07, 6.45) is 2.53. The van der Waals surface area contributed by atoms with Gasteiger partial charge in [0.25, 0.3) is 0 Å². The number of methoxy groups -OCH3 is 1. The number of likely N-dealkylation sites (N-methyl/N-ethyl adjacent to an activating group) is 1. The van der Waals surface area contributed by atoms with E-state index in [1.807, 2.05) is 25.1 Å². The van der Waals surface area contributed by atoms with Gasteiger partial charge in [-0.1, -0.05) is 0 Å². The van der Waals surface area contributed by atoms with Crippen LogP contribution in [0.15, 0.2) is 18.2 Å². The quantitative estimate of drug-likeness (QED) is 0.800. The molecule has 94 valence electrons. The van der Waals surface area contributed by atoms with Gasteiger partial charge < -0.3 is 14.4 Å². The molecule has 0 bridgehead atoms. The van der Waals surface area contributed by atoms with E-state index in [2.05, 4.69) is 11.9 Å². The van der Waals surface area contributed by atoms with Crippen molar-refractivity contribution in [2.24, 2.45) is 0 Å². The summed E-state index contributed by atoms with van der Waals surface area (Å²) in [5, 5.41) is 0. The van der Waals surface area contributed by atoms with Gasteiger partial charge in [-0.25, -0.2) is 0 Å². The standard InChI is InChI=1S/C14H21NO2/c1-11-9-13(6-7-14(11)16-3)17-10-12-5-4-8-15(12)2/h6-7,9,12H,4-5,8,10H2,1-3H3/t12-/m0/s1. The number of hydrogen-bond donors (Lipinski definition) is 0. The Labute approximate surface area is 103 Å². The van der Waals surface area contributed by atoms with Crippen LogP contribution in [0.5, 0.6) is 11.5 Å². The summed E-state index contributed by atoms with van der Waals surface area (Å²) in [6.45, 7) is 4.01. The lowest BCUT2D eigenvalue weighted by Gasteiger charge is -2.20. The number of rotatable bonds is 4. The molecule has 1 aromatic rings. The summed E-state index contributed by atoms with van der Waals surface area (Å²) in [5.74, 6) is 1.85. The third-order valence-corrected chi connectivity index (χ3v) is 3.48. The van der Waals surface area contributed by atoms with Crippen molar-refractivity contribution < 1.29 is 9.47 Å². The van der Waals surface area contributed by atoms with Crippen LogP contribution in [-0.4, -0.2) is 38.3 Å². The summed E-state index contributed by atoms with van der Waals surface area (Å²) in [5.41, 5.74) is 1.12. The zero-order chi connectivity index (χ0) is 12.3. The number of hydrogen-bond acceptors (Lipinski definition) is 3. The van der Waals surface area contributed by atoms with Gasteiger partial charge >= 0.3 is 0 Å². The molecule has 3 nitrogen and oxygen atoms in total. The molecule has 1 heterocycles. The average Bonchev–Trinajstić information content (AvgIpc) is 2.72. The normalized spacial score (nSPS) is 20.5. The Morgan fingerprint density at radius 3 is 2.82 bits per heavy atom. The number of likely N-dealkylation sites (tertiary alicyclic amines) is 1. The molecule has 0 unspecified atom stereocenters. The minimum absolute atomic E-state index is 0.567. The molecule has 17 heavy (non-hydrogen) atoms. The Morgan fingerprint density at radius 1 is 1.41 bits per heavy atom. The van der Waals surface area contributed by atoms with Crippen LogP contribution >= 0.6 is 0 Å². The van der Waals surface area contributed by atoms with Crippen LogP contribution in [0.4, 0.5) is 0 Å². The van der Waals surface area contributed by atoms with Crippen LogP contribution in [0, 0.1) is 6.92 Å². The van der Waals surface area contributed by atoms with Gasteiger partial charge in [0.1, 0.15) is 18.1 Å². The highest BCUT2D eigenvalue weighted by Crippen LogP contribution is 2.24. The second kappa shape index (κ2) is 5.41. The molecular weight excluding hydrogens is 214 g/mol. The molecule has 1 aliphatic rings. The predicted octanol–water partition coefficient (Wildman–Crippen LogP) is 2.48. The van der Waals surface area contributed by atoms with Gasteiger partial charge in [0.05, 0.1) is 7.11 Å². The van der Waals surface area contributed by atoms with Gasteiger partial charge in [-0.15, -0.1) is 0 Å². The zero-order valence-corrected chi connectivity index (χ0v) is 10.9. The smallest absolute Gasteiger partial charge is 0.122 e. The van der Waals surface area contributed by atoms with Gasteiger partial charge in [-0.3, -0.25) is 0 Å². The van der Waals surface area contributed by atoms with E-state index in [9.17, 15) is 0 Å². The van der Waals surface area contributed by atoms with Crippen molar-refractivity contribution in [3.05, 3.63) is 23.8 Å². The third kappa shape index (κ3) is 2.91. The van der Waals surface area contributed by atoms with Gasteiger partial charge in [0.15, 0.2) is 0 Å². The van der Waals surface area contributed by atoms with Crippen molar-refractivity contribution in [1.82, 2.24) is 4.90 Å². The fraction of sp³-hybridized carbons (Fsp3) is 0.571. The fourth-order valence-electron chi connectivity index (χ4n) is 2.32. The van der Waals surface area contributed by atoms with Crippen molar-refractivity contribution in [2.45, 2.75) is 25.8 Å². The fourth-order valence-corrected chi connectivity index (χ4v) is 2.32. The SMILES string of the molecule is COc1ccc(OC[C@@H]2CCCN2C)cc1C. The van der Waals surface area contributed by atoms with E-state index in [1.165, 1.54) is 19.4 Å². The van der Waals surface area contributed by atoms with E-state index < -0.39 is 0 Å². The lowest BCUT2D eigenvalue weighted by atomic mass is 10.2. The minimum atomic E-state index is 0.567. The first-order valence-corrected chi connectivity index (χ1v) is 6.18. The molecule has 1 aromatic carbocycles. The largest absolute Gasteiger partial charge is 0.496 e. The van der Waals surface area contributed by atoms with Crippen molar-refractivity contribution in [1.29, 1.82) is 0 Å². The molecule has 1 atom stereocenters. The monoisotopic (exact) mass is 235 g/mol. The van der Waals surface area contributed by atoms with Crippen LogP contribution in [-0.2, 0) is 0 Å². The first kappa shape index (κ1) is 12.2. The summed E-state index contributed by atoms with van der Waals surface area (Å²) in [6, 6.07) is 6.54. The summed E-state index contributed by atoms with van der Waals surface area (Å²) in [7, 11) is 3.86. The first-order chi connectivity index (χ1) is 8.20. The molecule has 0 saturated carbocycles. The lowest BCUT2D eigenvalue weighted by molar-refractivity contribution is 0.198. The maximum atomic E-state index is 5.84. The number of benzene rings is 1. The van der Waals surface area contributed by atoms with Crippen molar-refractivity contribution in [3.63, 3.8) is 0 Å².